The van der Waals surface area contributed by atoms with E-state index in [2.05, 4.69) is 46.1 Å². The van der Waals surface area contributed by atoms with Crippen LogP contribution in [-0.2, 0) is 0 Å². The van der Waals surface area contributed by atoms with Gasteiger partial charge in [-0.3, -0.25) is 9.48 Å². The quantitative estimate of drug-likeness (QED) is 0.839. The fourth-order valence-electron chi connectivity index (χ4n) is 4.28. The van der Waals surface area contributed by atoms with E-state index in [1.165, 1.54) is 5.56 Å². The maximum Gasteiger partial charge on any atom is 0.271 e. The Morgan fingerprint density at radius 3 is 2.56 bits per heavy atom. The molecule has 1 aliphatic heterocycles. The minimum Gasteiger partial charge on any atom is -0.348 e. The molecule has 0 spiro atoms. The zero-order valence-corrected chi connectivity index (χ0v) is 16.5. The van der Waals surface area contributed by atoms with Gasteiger partial charge in [0.1, 0.15) is 5.69 Å². The predicted molar refractivity (Wildman–Crippen MR) is 110 cm³/mol. The van der Waals surface area contributed by atoms with Crippen molar-refractivity contribution in [3.8, 4) is 0 Å². The van der Waals surface area contributed by atoms with Crippen LogP contribution >= 0.6 is 12.4 Å². The molecule has 0 bridgehead atoms. The van der Waals surface area contributed by atoms with Gasteiger partial charge in [-0.1, -0.05) is 30.3 Å². The molecule has 2 fully saturated rings. The number of rotatable bonds is 4. The van der Waals surface area contributed by atoms with E-state index < -0.39 is 0 Å². The van der Waals surface area contributed by atoms with Crippen LogP contribution < -0.4 is 10.6 Å². The van der Waals surface area contributed by atoms with Crippen LogP contribution in [0.15, 0.2) is 42.6 Å². The highest BCUT2D eigenvalue weighted by atomic mass is 35.5. The predicted octanol–water partition coefficient (Wildman–Crippen LogP) is 3.69. The molecule has 2 N–H and O–H groups in total. The van der Waals surface area contributed by atoms with Crippen molar-refractivity contribution in [1.82, 2.24) is 20.4 Å². The van der Waals surface area contributed by atoms with Crippen LogP contribution in [-0.4, -0.2) is 34.8 Å². The van der Waals surface area contributed by atoms with E-state index in [0.717, 1.165) is 51.6 Å². The number of carbonyl (C=O) groups is 1. The summed E-state index contributed by atoms with van der Waals surface area (Å²) in [5, 5.41) is 11.1. The second-order valence-electron chi connectivity index (χ2n) is 7.61. The molecule has 2 heterocycles. The molecule has 0 radical (unpaired) electrons. The Balaban J connectivity index is 0.00000210. The third-order valence-corrected chi connectivity index (χ3v) is 5.82. The average Bonchev–Trinajstić information content (AvgIpc) is 3.20. The number of piperidine rings is 1. The van der Waals surface area contributed by atoms with Crippen LogP contribution in [0.5, 0.6) is 0 Å². The molecule has 27 heavy (non-hydrogen) atoms. The molecule has 1 saturated heterocycles. The monoisotopic (exact) mass is 388 g/mol. The summed E-state index contributed by atoms with van der Waals surface area (Å²) in [5.74, 6) is 0.595. The molecular formula is C21H29ClN4O. The van der Waals surface area contributed by atoms with Crippen molar-refractivity contribution < 1.29 is 4.79 Å². The zero-order chi connectivity index (χ0) is 17.8. The van der Waals surface area contributed by atoms with Crippen molar-refractivity contribution >= 4 is 18.3 Å². The van der Waals surface area contributed by atoms with Gasteiger partial charge in [-0.15, -0.1) is 12.4 Å². The smallest absolute Gasteiger partial charge is 0.271 e. The molecule has 1 aromatic carbocycles. The van der Waals surface area contributed by atoms with Crippen molar-refractivity contribution in [3.05, 3.63) is 53.9 Å². The van der Waals surface area contributed by atoms with Crippen molar-refractivity contribution in [3.63, 3.8) is 0 Å². The minimum atomic E-state index is -0.0318. The van der Waals surface area contributed by atoms with Gasteiger partial charge in [-0.2, -0.15) is 5.10 Å². The number of benzene rings is 1. The van der Waals surface area contributed by atoms with Gasteiger partial charge in [0.05, 0.1) is 6.04 Å². The average molecular weight is 389 g/mol. The normalized spacial score (nSPS) is 25.4. The first-order valence-electron chi connectivity index (χ1n) is 9.91. The number of nitrogens with zero attached hydrogens (tertiary/aromatic N) is 2. The molecule has 5 nitrogen and oxygen atoms in total. The Hall–Kier alpha value is -1.85. The topological polar surface area (TPSA) is 59.0 Å². The second kappa shape index (κ2) is 9.38. The zero-order valence-electron chi connectivity index (χ0n) is 15.6. The number of halogens is 1. The highest BCUT2D eigenvalue weighted by molar-refractivity contribution is 5.92. The fourth-order valence-corrected chi connectivity index (χ4v) is 4.28. The molecule has 1 aromatic heterocycles. The van der Waals surface area contributed by atoms with E-state index in [4.69, 9.17) is 0 Å². The third-order valence-electron chi connectivity index (χ3n) is 5.82. The lowest BCUT2D eigenvalue weighted by Gasteiger charge is -2.29. The summed E-state index contributed by atoms with van der Waals surface area (Å²) >= 11 is 0. The molecule has 4 rings (SSSR count). The first-order chi connectivity index (χ1) is 12.8. The van der Waals surface area contributed by atoms with Gasteiger partial charge in [0.15, 0.2) is 0 Å². The summed E-state index contributed by atoms with van der Waals surface area (Å²) < 4.78 is 1.95. The lowest BCUT2D eigenvalue weighted by molar-refractivity contribution is 0.0919. The number of amides is 1. The Kier molecular flexibility index (Phi) is 6.91. The number of carbonyl (C=O) groups excluding carboxylic acids is 1. The highest BCUT2D eigenvalue weighted by Gasteiger charge is 2.25. The summed E-state index contributed by atoms with van der Waals surface area (Å²) in [4.78, 5) is 12.6. The minimum absolute atomic E-state index is 0. The Bertz CT molecular complexity index is 719. The Labute approximate surface area is 167 Å². The molecule has 146 valence electrons. The van der Waals surface area contributed by atoms with Gasteiger partial charge in [-0.25, -0.2) is 0 Å². The van der Waals surface area contributed by atoms with Gasteiger partial charge in [0.25, 0.3) is 5.91 Å². The first-order valence-corrected chi connectivity index (χ1v) is 9.91. The summed E-state index contributed by atoms with van der Waals surface area (Å²) in [6.07, 6.45) is 8.58. The van der Waals surface area contributed by atoms with Gasteiger partial charge in [-0.05, 0) is 62.6 Å². The maximum absolute atomic E-state index is 12.6. The highest BCUT2D eigenvalue weighted by Crippen LogP contribution is 2.32. The van der Waals surface area contributed by atoms with Crippen LogP contribution in [0.1, 0.15) is 66.5 Å². The van der Waals surface area contributed by atoms with E-state index in [9.17, 15) is 4.79 Å². The fraction of sp³-hybridized carbons (Fsp3) is 0.524. The summed E-state index contributed by atoms with van der Waals surface area (Å²) in [6, 6.07) is 13.2. The molecule has 2 aromatic rings. The van der Waals surface area contributed by atoms with Crippen LogP contribution in [0.4, 0.5) is 0 Å². The van der Waals surface area contributed by atoms with Crippen LogP contribution in [0.2, 0.25) is 0 Å². The molecule has 1 saturated carbocycles. The summed E-state index contributed by atoms with van der Waals surface area (Å²) in [6.45, 7) is 2.02. The molecule has 1 amide bonds. The standard InChI is InChI=1S/C21H28N4O.ClH/c26-21(20-12-14-25(24-20)19-7-4-13-22-15-19)23-18-10-8-17(9-11-18)16-5-2-1-3-6-16;/h1-3,5-6,12,14,17-19,22H,4,7-11,13,15H2,(H,23,26);1H. The number of aromatic nitrogens is 2. The van der Waals surface area contributed by atoms with Gasteiger partial charge >= 0.3 is 0 Å². The Morgan fingerprint density at radius 1 is 1.07 bits per heavy atom. The van der Waals surface area contributed by atoms with Gasteiger partial charge in [0.2, 0.25) is 0 Å². The van der Waals surface area contributed by atoms with Crippen LogP contribution in [0.25, 0.3) is 0 Å². The van der Waals surface area contributed by atoms with E-state index in [1.54, 1.807) is 0 Å². The number of nitrogens with one attached hydrogen (secondary N) is 2. The largest absolute Gasteiger partial charge is 0.348 e. The molecule has 1 unspecified atom stereocenters. The SMILES string of the molecule is Cl.O=C(NC1CCC(c2ccccc2)CC1)c1ccn(C2CCCNC2)n1. The molecular weight excluding hydrogens is 360 g/mol. The first kappa shape index (κ1) is 19.9. The number of hydrogen-bond donors (Lipinski definition) is 2. The van der Waals surface area contributed by atoms with E-state index in [-0.39, 0.29) is 24.4 Å². The van der Waals surface area contributed by atoms with Gasteiger partial charge in [0, 0.05) is 18.8 Å². The van der Waals surface area contributed by atoms with Crippen molar-refractivity contribution in [2.75, 3.05) is 13.1 Å². The number of hydrogen-bond acceptors (Lipinski definition) is 3. The molecule has 6 heteroatoms. The van der Waals surface area contributed by atoms with Crippen LogP contribution in [0.3, 0.4) is 0 Å². The Morgan fingerprint density at radius 2 is 1.85 bits per heavy atom. The third kappa shape index (κ3) is 4.90. The molecule has 1 aliphatic carbocycles. The van der Waals surface area contributed by atoms with E-state index >= 15 is 0 Å². The van der Waals surface area contributed by atoms with Crippen molar-refractivity contribution in [1.29, 1.82) is 0 Å². The summed E-state index contributed by atoms with van der Waals surface area (Å²) in [7, 11) is 0. The molecule has 1 atom stereocenters. The second-order valence-corrected chi connectivity index (χ2v) is 7.61. The molecule has 2 aliphatic rings. The van der Waals surface area contributed by atoms with Crippen LogP contribution in [0, 0.1) is 0 Å². The van der Waals surface area contributed by atoms with Gasteiger partial charge < -0.3 is 10.6 Å². The maximum atomic E-state index is 12.6. The lowest BCUT2D eigenvalue weighted by Crippen LogP contribution is -2.37. The summed E-state index contributed by atoms with van der Waals surface area (Å²) in [5.41, 5.74) is 1.97. The van der Waals surface area contributed by atoms with Crippen molar-refractivity contribution in [2.45, 2.75) is 56.5 Å². The van der Waals surface area contributed by atoms with Crippen molar-refractivity contribution in [2.24, 2.45) is 0 Å². The lowest BCUT2D eigenvalue weighted by atomic mass is 9.82. The van der Waals surface area contributed by atoms with E-state index in [0.29, 0.717) is 17.7 Å². The van der Waals surface area contributed by atoms with E-state index in [1.807, 2.05) is 16.9 Å².